The summed E-state index contributed by atoms with van der Waals surface area (Å²) >= 11 is 4.53. The normalized spacial score (nSPS) is 8.79. The predicted molar refractivity (Wildman–Crippen MR) is 53.8 cm³/mol. The molecule has 14 heavy (non-hydrogen) atoms. The largest absolute Gasteiger partial charge is 0.478 e. The van der Waals surface area contributed by atoms with Crippen molar-refractivity contribution in [3.05, 3.63) is 29.6 Å². The highest BCUT2D eigenvalue weighted by atomic mass is 35.5. The Balaban J connectivity index is 0.000000500. The third-order valence-electron chi connectivity index (χ3n) is 1.45. The number of hydrogen-bond donors (Lipinski definition) is 3. The van der Waals surface area contributed by atoms with Gasteiger partial charge < -0.3 is 5.11 Å². The number of aromatic nitrogens is 1. The van der Waals surface area contributed by atoms with E-state index in [2.05, 4.69) is 22.6 Å². The molecule has 5 nitrogen and oxygen atoms in total. The van der Waals surface area contributed by atoms with E-state index in [4.69, 9.17) is 5.11 Å². The van der Waals surface area contributed by atoms with E-state index in [0.29, 0.717) is 0 Å². The average Bonchev–Trinajstić information content (AvgIpc) is 2.19. The van der Waals surface area contributed by atoms with E-state index in [1.807, 2.05) is 6.92 Å². The highest BCUT2D eigenvalue weighted by Crippen LogP contribution is 2.02. The van der Waals surface area contributed by atoms with Crippen LogP contribution < -0.4 is 10.8 Å². The molecule has 1 aromatic heterocycles. The van der Waals surface area contributed by atoms with E-state index in [1.54, 1.807) is 17.2 Å². The zero-order chi connectivity index (χ0) is 11.0. The van der Waals surface area contributed by atoms with Crippen molar-refractivity contribution in [3.63, 3.8) is 0 Å². The van der Waals surface area contributed by atoms with Crippen LogP contribution in [0.2, 0.25) is 0 Å². The van der Waals surface area contributed by atoms with Gasteiger partial charge in [-0.25, -0.2) is 4.79 Å². The van der Waals surface area contributed by atoms with Crippen LogP contribution in [0, 0.1) is 0 Å². The molecule has 1 heterocycles. The second-order valence-electron chi connectivity index (χ2n) is 2.35. The summed E-state index contributed by atoms with van der Waals surface area (Å²) in [7, 11) is 0. The van der Waals surface area contributed by atoms with Gasteiger partial charge in [0.15, 0.2) is 0 Å². The van der Waals surface area contributed by atoms with Crippen molar-refractivity contribution in [2.45, 2.75) is 13.3 Å². The summed E-state index contributed by atoms with van der Waals surface area (Å²) in [4.78, 5) is 15.9. The zero-order valence-corrected chi connectivity index (χ0v) is 8.45. The number of carboxylic acid groups (broad SMARTS) is 1. The van der Waals surface area contributed by atoms with Gasteiger partial charge in [0, 0.05) is 12.4 Å². The number of aromatic carboxylic acids is 1. The highest BCUT2D eigenvalue weighted by molar-refractivity contribution is 6.12. The highest BCUT2D eigenvalue weighted by Gasteiger charge is 2.01. The first-order valence-corrected chi connectivity index (χ1v) is 4.27. The van der Waals surface area contributed by atoms with E-state index in [1.165, 1.54) is 6.20 Å². The third-order valence-corrected chi connectivity index (χ3v) is 1.45. The molecule has 0 saturated carbocycles. The Hall–Kier alpha value is -1.17. The zero-order valence-electron chi connectivity index (χ0n) is 7.70. The van der Waals surface area contributed by atoms with Crippen LogP contribution >= 0.6 is 11.8 Å². The quantitative estimate of drug-likeness (QED) is 0.390. The van der Waals surface area contributed by atoms with Crippen LogP contribution in [0.4, 0.5) is 0 Å². The molecule has 0 aliphatic carbocycles. The smallest absolute Gasteiger partial charge is 0.337 e. The monoisotopic (exact) mass is 217 g/mol. The van der Waals surface area contributed by atoms with E-state index in [-0.39, 0.29) is 5.56 Å². The van der Waals surface area contributed by atoms with Gasteiger partial charge in [-0.1, -0.05) is 6.92 Å². The molecule has 4 N–H and O–H groups in total. The number of hydrazine groups is 1. The van der Waals surface area contributed by atoms with E-state index >= 15 is 0 Å². The molecule has 1 rings (SSSR count). The number of rotatable bonds is 2. The topological polar surface area (TPSA) is 88.2 Å². The van der Waals surface area contributed by atoms with Gasteiger partial charge in [-0.3, -0.25) is 10.8 Å². The first-order chi connectivity index (χ1) is 6.65. The van der Waals surface area contributed by atoms with E-state index < -0.39 is 5.97 Å². The Morgan fingerprint density at radius 2 is 2.29 bits per heavy atom. The fourth-order valence-corrected chi connectivity index (χ4v) is 0.798. The van der Waals surface area contributed by atoms with Crippen molar-refractivity contribution >= 4 is 17.7 Å². The molecular weight excluding hydrogens is 206 g/mol. The maximum absolute atomic E-state index is 10.4. The molecule has 0 bridgehead atoms. The Kier molecular flexibility index (Phi) is 6.65. The standard InChI is InChI=1S/C8H9NO2.ClH3N2/c1-2-6-3-7(8(10)11)5-9-4-6;1-3-2/h3-5H,2H2,1H3,(H,10,11);3H,2H2. The van der Waals surface area contributed by atoms with Gasteiger partial charge in [0.2, 0.25) is 0 Å². The maximum atomic E-state index is 10.4. The third kappa shape index (κ3) is 4.76. The number of aryl methyl sites for hydroxylation is 1. The lowest BCUT2D eigenvalue weighted by atomic mass is 10.2. The molecule has 1 aromatic rings. The van der Waals surface area contributed by atoms with Crippen LogP contribution in [-0.2, 0) is 6.42 Å². The number of carbonyl (C=O) groups is 1. The van der Waals surface area contributed by atoms with Crippen LogP contribution in [0.1, 0.15) is 22.8 Å². The van der Waals surface area contributed by atoms with Crippen molar-refractivity contribution in [1.82, 2.24) is 9.93 Å². The summed E-state index contributed by atoms with van der Waals surface area (Å²) in [6.45, 7) is 1.96. The molecule has 0 unspecified atom stereocenters. The number of halogens is 1. The van der Waals surface area contributed by atoms with Crippen molar-refractivity contribution < 1.29 is 9.90 Å². The fourth-order valence-electron chi connectivity index (χ4n) is 0.798. The Morgan fingerprint density at radius 3 is 2.71 bits per heavy atom. The first kappa shape index (κ1) is 12.8. The van der Waals surface area contributed by atoms with Gasteiger partial charge in [-0.2, -0.15) is 4.94 Å². The lowest BCUT2D eigenvalue weighted by molar-refractivity contribution is 0.0696. The molecule has 6 heteroatoms. The van der Waals surface area contributed by atoms with Crippen molar-refractivity contribution in [2.24, 2.45) is 5.84 Å². The van der Waals surface area contributed by atoms with Crippen LogP contribution in [0.25, 0.3) is 0 Å². The number of nitrogens with two attached hydrogens (primary N) is 1. The van der Waals surface area contributed by atoms with Gasteiger partial charge in [0.05, 0.1) is 5.56 Å². The Labute approximate surface area is 87.0 Å². The summed E-state index contributed by atoms with van der Waals surface area (Å²) in [5.41, 5.74) is 1.20. The summed E-state index contributed by atoms with van der Waals surface area (Å²) in [6.07, 6.45) is 3.84. The molecule has 78 valence electrons. The SMILES string of the molecule is CCc1cncc(C(=O)O)c1.NNCl. The summed E-state index contributed by atoms with van der Waals surface area (Å²) in [6, 6.07) is 1.63. The molecule has 0 aromatic carbocycles. The molecule has 0 radical (unpaired) electrons. The van der Waals surface area contributed by atoms with Crippen molar-refractivity contribution in [2.75, 3.05) is 0 Å². The van der Waals surface area contributed by atoms with Gasteiger partial charge >= 0.3 is 5.97 Å². The minimum Gasteiger partial charge on any atom is -0.478 e. The van der Waals surface area contributed by atoms with Gasteiger partial charge in [-0.15, -0.1) is 0 Å². The number of nitrogens with zero attached hydrogens (tertiary/aromatic N) is 1. The molecule has 0 aliphatic heterocycles. The molecule has 0 aliphatic rings. The second kappa shape index (κ2) is 7.25. The minimum absolute atomic E-state index is 0.254. The van der Waals surface area contributed by atoms with Gasteiger partial charge in [0.25, 0.3) is 0 Å². The van der Waals surface area contributed by atoms with Gasteiger partial charge in [0.1, 0.15) is 0 Å². The summed E-state index contributed by atoms with van der Waals surface area (Å²) in [5, 5.41) is 8.56. The molecule has 0 atom stereocenters. The second-order valence-corrected chi connectivity index (χ2v) is 2.57. The average molecular weight is 218 g/mol. The molecule has 0 saturated heterocycles. The van der Waals surface area contributed by atoms with Crippen LogP contribution in [0.5, 0.6) is 0 Å². The maximum Gasteiger partial charge on any atom is 0.337 e. The fraction of sp³-hybridized carbons (Fsp3) is 0.250. The minimum atomic E-state index is -0.923. The molecule has 0 spiro atoms. The summed E-state index contributed by atoms with van der Waals surface area (Å²) < 4.78 is 0. The first-order valence-electron chi connectivity index (χ1n) is 3.89. The number of nitrogens with one attached hydrogen (secondary N) is 1. The predicted octanol–water partition coefficient (Wildman–Crippen LogP) is 0.946. The molecule has 0 amide bonds. The molecular formula is C8H12ClN3O2. The van der Waals surface area contributed by atoms with E-state index in [0.717, 1.165) is 12.0 Å². The van der Waals surface area contributed by atoms with Crippen LogP contribution in [-0.4, -0.2) is 16.1 Å². The summed E-state index contributed by atoms with van der Waals surface area (Å²) in [5.74, 6) is 3.44. The van der Waals surface area contributed by atoms with Crippen LogP contribution in [0.3, 0.4) is 0 Å². The lowest BCUT2D eigenvalue weighted by Crippen LogP contribution is -2.05. The van der Waals surface area contributed by atoms with E-state index in [9.17, 15) is 4.79 Å². The van der Waals surface area contributed by atoms with Crippen LogP contribution in [0.15, 0.2) is 18.5 Å². The lowest BCUT2D eigenvalue weighted by Gasteiger charge is -1.96. The van der Waals surface area contributed by atoms with Gasteiger partial charge in [-0.05, 0) is 29.8 Å². The van der Waals surface area contributed by atoms with Crippen molar-refractivity contribution in [1.29, 1.82) is 0 Å². The number of pyridine rings is 1. The Morgan fingerprint density at radius 1 is 1.71 bits per heavy atom. The van der Waals surface area contributed by atoms with Crippen molar-refractivity contribution in [3.8, 4) is 0 Å². The number of carboxylic acids is 1. The molecule has 0 fully saturated rings. The Bertz CT molecular complexity index is 294. The number of hydrogen-bond acceptors (Lipinski definition) is 4.